The number of hydrogen-bond acceptors (Lipinski definition) is 4. The third-order valence-corrected chi connectivity index (χ3v) is 6.63. The summed E-state index contributed by atoms with van der Waals surface area (Å²) in [6.07, 6.45) is 5.98. The van der Waals surface area contributed by atoms with E-state index in [-0.39, 0.29) is 0 Å². The lowest BCUT2D eigenvalue weighted by atomic mass is 9.88. The lowest BCUT2D eigenvalue weighted by Gasteiger charge is -2.38. The Bertz CT molecular complexity index is 610. The highest BCUT2D eigenvalue weighted by Crippen LogP contribution is 2.27. The molecular weight excluding hydrogens is 336 g/mol. The van der Waals surface area contributed by atoms with Gasteiger partial charge in [0.2, 0.25) is 5.91 Å². The van der Waals surface area contributed by atoms with Crippen LogP contribution in [0.5, 0.6) is 0 Å². The van der Waals surface area contributed by atoms with Crippen LogP contribution in [0.2, 0.25) is 0 Å². The minimum absolute atomic E-state index is 0.299. The summed E-state index contributed by atoms with van der Waals surface area (Å²) in [6.45, 7) is 8.14. The van der Waals surface area contributed by atoms with E-state index in [2.05, 4.69) is 50.9 Å². The molecule has 0 atom stereocenters. The van der Waals surface area contributed by atoms with Gasteiger partial charge in [-0.3, -0.25) is 4.79 Å². The van der Waals surface area contributed by atoms with Crippen molar-refractivity contribution in [3.8, 4) is 0 Å². The summed E-state index contributed by atoms with van der Waals surface area (Å²) in [5, 5.41) is 0. The molecule has 1 saturated carbocycles. The van der Waals surface area contributed by atoms with E-state index in [9.17, 15) is 4.79 Å². The van der Waals surface area contributed by atoms with Crippen LogP contribution >= 0.6 is 0 Å². The lowest BCUT2D eigenvalue weighted by Crippen LogP contribution is -2.50. The fourth-order valence-electron chi connectivity index (χ4n) is 4.73. The zero-order valence-corrected chi connectivity index (χ0v) is 16.8. The summed E-state index contributed by atoms with van der Waals surface area (Å²) in [5.41, 5.74) is 2.62. The van der Waals surface area contributed by atoms with E-state index in [0.29, 0.717) is 11.8 Å². The third-order valence-electron chi connectivity index (χ3n) is 6.63. The molecule has 0 bridgehead atoms. The summed E-state index contributed by atoms with van der Waals surface area (Å²) in [4.78, 5) is 22.1. The maximum absolute atomic E-state index is 12.7. The molecule has 2 aliphatic heterocycles. The number of piperazine rings is 2. The van der Waals surface area contributed by atoms with Gasteiger partial charge in [0.25, 0.3) is 0 Å². The van der Waals surface area contributed by atoms with E-state index in [1.807, 2.05) is 0 Å². The largest absolute Gasteiger partial charge is 0.369 e. The van der Waals surface area contributed by atoms with Crippen LogP contribution in [0.15, 0.2) is 24.3 Å². The van der Waals surface area contributed by atoms with E-state index < -0.39 is 0 Å². The van der Waals surface area contributed by atoms with Crippen molar-refractivity contribution in [1.82, 2.24) is 9.80 Å². The van der Waals surface area contributed by atoms with Crippen molar-refractivity contribution in [2.24, 2.45) is 5.92 Å². The summed E-state index contributed by atoms with van der Waals surface area (Å²) in [6, 6.07) is 9.04. The Balaban J connectivity index is 1.29. The molecule has 27 heavy (non-hydrogen) atoms. The van der Waals surface area contributed by atoms with Crippen molar-refractivity contribution in [3.05, 3.63) is 24.3 Å². The first-order chi connectivity index (χ1) is 13.2. The van der Waals surface area contributed by atoms with Gasteiger partial charge in [0.1, 0.15) is 0 Å². The molecule has 1 aliphatic carbocycles. The van der Waals surface area contributed by atoms with E-state index in [1.165, 1.54) is 30.6 Å². The number of rotatable bonds is 3. The van der Waals surface area contributed by atoms with Crippen LogP contribution in [-0.2, 0) is 4.79 Å². The summed E-state index contributed by atoms with van der Waals surface area (Å²) in [7, 11) is 2.19. The minimum Gasteiger partial charge on any atom is -0.369 e. The van der Waals surface area contributed by atoms with E-state index in [4.69, 9.17) is 0 Å². The van der Waals surface area contributed by atoms with Gasteiger partial charge in [-0.25, -0.2) is 0 Å². The predicted molar refractivity (Wildman–Crippen MR) is 112 cm³/mol. The van der Waals surface area contributed by atoms with Gasteiger partial charge in [0.15, 0.2) is 0 Å². The second-order valence-corrected chi connectivity index (χ2v) is 8.45. The molecule has 5 nitrogen and oxygen atoms in total. The van der Waals surface area contributed by atoms with E-state index in [0.717, 1.165) is 65.2 Å². The summed E-state index contributed by atoms with van der Waals surface area (Å²) < 4.78 is 0. The van der Waals surface area contributed by atoms with Gasteiger partial charge in [-0.15, -0.1) is 0 Å². The molecule has 4 rings (SSSR count). The zero-order valence-electron chi connectivity index (χ0n) is 16.8. The van der Waals surface area contributed by atoms with Crippen molar-refractivity contribution in [3.63, 3.8) is 0 Å². The van der Waals surface area contributed by atoms with Gasteiger partial charge >= 0.3 is 0 Å². The van der Waals surface area contributed by atoms with Crippen molar-refractivity contribution in [1.29, 1.82) is 0 Å². The van der Waals surface area contributed by atoms with Crippen LogP contribution in [0.3, 0.4) is 0 Å². The van der Waals surface area contributed by atoms with Gasteiger partial charge in [0.05, 0.1) is 0 Å². The van der Waals surface area contributed by atoms with E-state index >= 15 is 0 Å². The van der Waals surface area contributed by atoms with Crippen molar-refractivity contribution >= 4 is 17.3 Å². The molecule has 0 unspecified atom stereocenters. The first-order valence-electron chi connectivity index (χ1n) is 10.8. The van der Waals surface area contributed by atoms with Gasteiger partial charge in [-0.2, -0.15) is 0 Å². The number of carbonyl (C=O) groups is 1. The molecule has 1 amide bonds. The number of likely N-dealkylation sites (N-methyl/N-ethyl adjacent to an activating group) is 1. The fourth-order valence-corrected chi connectivity index (χ4v) is 4.73. The number of anilines is 2. The normalized spacial score (nSPS) is 22.9. The maximum atomic E-state index is 12.7. The molecule has 3 fully saturated rings. The van der Waals surface area contributed by atoms with Crippen molar-refractivity contribution < 1.29 is 4.79 Å². The van der Waals surface area contributed by atoms with Crippen LogP contribution in [0.4, 0.5) is 11.4 Å². The standard InChI is InChI=1S/C22H34N4O/c1-23-11-13-24(14-12-23)20-7-9-21(10-8-20)25-15-17-26(18-16-25)22(27)19-5-3-2-4-6-19/h7-10,19H,2-6,11-18H2,1H3. The Morgan fingerprint density at radius 2 is 1.22 bits per heavy atom. The molecule has 3 aliphatic rings. The third kappa shape index (κ3) is 4.40. The number of amides is 1. The Hall–Kier alpha value is -1.75. The zero-order chi connectivity index (χ0) is 18.6. The molecule has 5 heteroatoms. The monoisotopic (exact) mass is 370 g/mol. The molecule has 148 valence electrons. The molecule has 1 aromatic carbocycles. The molecule has 0 radical (unpaired) electrons. The molecule has 2 heterocycles. The predicted octanol–water partition coefficient (Wildman–Crippen LogP) is 2.67. The molecule has 0 aromatic heterocycles. The molecule has 0 spiro atoms. The van der Waals surface area contributed by atoms with Gasteiger partial charge < -0.3 is 19.6 Å². The lowest BCUT2D eigenvalue weighted by molar-refractivity contribution is -0.136. The smallest absolute Gasteiger partial charge is 0.225 e. The maximum Gasteiger partial charge on any atom is 0.225 e. The van der Waals surface area contributed by atoms with Gasteiger partial charge in [-0.1, -0.05) is 19.3 Å². The Morgan fingerprint density at radius 3 is 1.74 bits per heavy atom. The van der Waals surface area contributed by atoms with Crippen LogP contribution < -0.4 is 9.80 Å². The number of benzene rings is 1. The van der Waals surface area contributed by atoms with Crippen LogP contribution in [0, 0.1) is 5.92 Å². The highest BCUT2D eigenvalue weighted by molar-refractivity contribution is 5.79. The summed E-state index contributed by atoms with van der Waals surface area (Å²) in [5.74, 6) is 0.716. The topological polar surface area (TPSA) is 30.0 Å². The fraction of sp³-hybridized carbons (Fsp3) is 0.682. The molecule has 1 aromatic rings. The highest BCUT2D eigenvalue weighted by Gasteiger charge is 2.28. The Labute approximate surface area is 163 Å². The molecule has 2 saturated heterocycles. The molecule has 0 N–H and O–H groups in total. The van der Waals surface area contributed by atoms with Crippen molar-refractivity contribution in [2.45, 2.75) is 32.1 Å². The van der Waals surface area contributed by atoms with Crippen LogP contribution in [0.1, 0.15) is 32.1 Å². The Morgan fingerprint density at radius 1 is 0.741 bits per heavy atom. The van der Waals surface area contributed by atoms with Crippen LogP contribution in [0.25, 0.3) is 0 Å². The Kier molecular flexibility index (Phi) is 5.86. The second-order valence-electron chi connectivity index (χ2n) is 8.45. The van der Waals surface area contributed by atoms with Gasteiger partial charge in [0, 0.05) is 69.7 Å². The quantitative estimate of drug-likeness (QED) is 0.818. The van der Waals surface area contributed by atoms with Crippen LogP contribution in [-0.4, -0.2) is 75.1 Å². The average Bonchev–Trinajstić information content (AvgIpc) is 2.75. The number of carbonyl (C=O) groups excluding carboxylic acids is 1. The number of nitrogens with zero attached hydrogens (tertiary/aromatic N) is 4. The van der Waals surface area contributed by atoms with E-state index in [1.54, 1.807) is 0 Å². The first kappa shape index (κ1) is 18.6. The minimum atomic E-state index is 0.299. The summed E-state index contributed by atoms with van der Waals surface area (Å²) >= 11 is 0. The van der Waals surface area contributed by atoms with Crippen molar-refractivity contribution in [2.75, 3.05) is 69.2 Å². The molecular formula is C22H34N4O. The first-order valence-corrected chi connectivity index (χ1v) is 10.8. The average molecular weight is 371 g/mol. The number of hydrogen-bond donors (Lipinski definition) is 0. The second kappa shape index (κ2) is 8.51. The highest BCUT2D eigenvalue weighted by atomic mass is 16.2. The SMILES string of the molecule is CN1CCN(c2ccc(N3CCN(C(=O)C4CCCCC4)CC3)cc2)CC1. The van der Waals surface area contributed by atoms with Gasteiger partial charge in [-0.05, 0) is 44.2 Å².